The molecule has 0 fully saturated rings. The van der Waals surface area contributed by atoms with Crippen LogP contribution in [-0.2, 0) is 0 Å². The number of hydrazine groups is 1. The van der Waals surface area contributed by atoms with Crippen molar-refractivity contribution in [1.82, 2.24) is 5.43 Å². The maximum Gasteiger partial charge on any atom is 0.337 e. The average Bonchev–Trinajstić information content (AvgIpc) is 2.42. The highest BCUT2D eigenvalue weighted by atomic mass is 35.5. The second-order valence-electron chi connectivity index (χ2n) is 4.15. The monoisotopic (exact) mass is 309 g/mol. The molecular formula is C14H13Cl2N3O. The Morgan fingerprint density at radius 2 is 1.80 bits per heavy atom. The zero-order valence-corrected chi connectivity index (χ0v) is 12.2. The van der Waals surface area contributed by atoms with Crippen LogP contribution in [-0.4, -0.2) is 6.03 Å². The van der Waals surface area contributed by atoms with Gasteiger partial charge in [-0.3, -0.25) is 10.9 Å². The second-order valence-corrected chi connectivity index (χ2v) is 4.96. The molecule has 0 saturated heterocycles. The predicted molar refractivity (Wildman–Crippen MR) is 83.4 cm³/mol. The molecule has 0 atom stereocenters. The summed E-state index contributed by atoms with van der Waals surface area (Å²) in [5.41, 5.74) is 7.40. The topological polar surface area (TPSA) is 53.2 Å². The van der Waals surface area contributed by atoms with E-state index >= 15 is 0 Å². The summed E-state index contributed by atoms with van der Waals surface area (Å²) in [5, 5.41) is 3.78. The van der Waals surface area contributed by atoms with Gasteiger partial charge < -0.3 is 5.32 Å². The maximum atomic E-state index is 11.7. The molecule has 0 heterocycles. The van der Waals surface area contributed by atoms with E-state index in [1.54, 1.807) is 24.3 Å². The third-order valence-corrected chi connectivity index (χ3v) is 3.35. The van der Waals surface area contributed by atoms with Gasteiger partial charge in [-0.15, -0.1) is 0 Å². The van der Waals surface area contributed by atoms with Gasteiger partial charge in [0, 0.05) is 10.7 Å². The number of carbonyl (C=O) groups excluding carboxylic acids is 1. The van der Waals surface area contributed by atoms with E-state index in [2.05, 4.69) is 16.2 Å². The molecule has 2 amide bonds. The minimum atomic E-state index is -0.412. The fourth-order valence-corrected chi connectivity index (χ4v) is 1.88. The zero-order chi connectivity index (χ0) is 14.5. The predicted octanol–water partition coefficient (Wildman–Crippen LogP) is 4.45. The normalized spacial score (nSPS) is 9.95. The number of urea groups is 1. The second kappa shape index (κ2) is 6.50. The van der Waals surface area contributed by atoms with Gasteiger partial charge in [0.25, 0.3) is 0 Å². The van der Waals surface area contributed by atoms with Crippen LogP contribution in [0.5, 0.6) is 0 Å². The Kier molecular flexibility index (Phi) is 4.71. The van der Waals surface area contributed by atoms with Gasteiger partial charge in [0.1, 0.15) is 0 Å². The Hall–Kier alpha value is -1.91. The molecule has 2 rings (SSSR count). The van der Waals surface area contributed by atoms with Crippen LogP contribution in [0, 0.1) is 6.92 Å². The fraction of sp³-hybridized carbons (Fsp3) is 0.0714. The summed E-state index contributed by atoms with van der Waals surface area (Å²) in [4.78, 5) is 11.7. The van der Waals surface area contributed by atoms with Crippen LogP contribution in [0.3, 0.4) is 0 Å². The summed E-state index contributed by atoms with van der Waals surface area (Å²) in [6.45, 7) is 1.89. The number of rotatable bonds is 3. The van der Waals surface area contributed by atoms with E-state index in [9.17, 15) is 4.79 Å². The Morgan fingerprint density at radius 1 is 1.05 bits per heavy atom. The van der Waals surface area contributed by atoms with Crippen LogP contribution >= 0.6 is 23.2 Å². The van der Waals surface area contributed by atoms with Crippen molar-refractivity contribution in [2.24, 2.45) is 0 Å². The first-order chi connectivity index (χ1) is 9.56. The van der Waals surface area contributed by atoms with E-state index < -0.39 is 6.03 Å². The molecule has 0 aliphatic heterocycles. The molecule has 2 aromatic rings. The van der Waals surface area contributed by atoms with Crippen molar-refractivity contribution in [3.05, 3.63) is 58.1 Å². The minimum absolute atomic E-state index is 0.412. The standard InChI is InChI=1S/C14H13Cl2N3O/c1-9-6-7-10(8-12(9)16)17-14(20)19-18-13-5-3-2-4-11(13)15/h2-8,18H,1H3,(H2,17,19,20). The van der Waals surface area contributed by atoms with E-state index in [4.69, 9.17) is 23.2 Å². The number of carbonyl (C=O) groups is 1. The van der Waals surface area contributed by atoms with Crippen molar-refractivity contribution in [1.29, 1.82) is 0 Å². The van der Waals surface area contributed by atoms with Crippen molar-refractivity contribution >= 4 is 40.6 Å². The number of para-hydroxylation sites is 1. The summed E-state index contributed by atoms with van der Waals surface area (Å²) in [6, 6.07) is 12.0. The van der Waals surface area contributed by atoms with E-state index in [0.29, 0.717) is 21.4 Å². The largest absolute Gasteiger partial charge is 0.337 e. The van der Waals surface area contributed by atoms with Crippen LogP contribution in [0.4, 0.5) is 16.2 Å². The molecule has 0 spiro atoms. The Bertz CT molecular complexity index is 632. The molecule has 0 saturated carbocycles. The first-order valence-electron chi connectivity index (χ1n) is 5.90. The van der Waals surface area contributed by atoms with Crippen LogP contribution in [0.15, 0.2) is 42.5 Å². The summed E-state index contributed by atoms with van der Waals surface area (Å²) < 4.78 is 0. The van der Waals surface area contributed by atoms with E-state index in [-0.39, 0.29) is 0 Å². The van der Waals surface area contributed by atoms with Gasteiger partial charge in [-0.05, 0) is 36.8 Å². The Morgan fingerprint density at radius 3 is 2.50 bits per heavy atom. The van der Waals surface area contributed by atoms with Crippen molar-refractivity contribution in [2.45, 2.75) is 6.92 Å². The number of anilines is 2. The lowest BCUT2D eigenvalue weighted by atomic mass is 10.2. The lowest BCUT2D eigenvalue weighted by molar-refractivity contribution is 0.254. The van der Waals surface area contributed by atoms with Crippen LogP contribution in [0.25, 0.3) is 0 Å². The summed E-state index contributed by atoms with van der Waals surface area (Å²) >= 11 is 11.9. The zero-order valence-electron chi connectivity index (χ0n) is 10.7. The molecule has 0 radical (unpaired) electrons. The molecule has 2 aromatic carbocycles. The van der Waals surface area contributed by atoms with Gasteiger partial charge in [-0.25, -0.2) is 4.79 Å². The van der Waals surface area contributed by atoms with Crippen molar-refractivity contribution < 1.29 is 4.79 Å². The molecule has 0 bridgehead atoms. The number of hydrogen-bond acceptors (Lipinski definition) is 2. The third kappa shape index (κ3) is 3.79. The number of halogens is 2. The highest BCUT2D eigenvalue weighted by molar-refractivity contribution is 6.33. The first-order valence-corrected chi connectivity index (χ1v) is 6.65. The number of benzene rings is 2. The van der Waals surface area contributed by atoms with Gasteiger partial charge in [0.05, 0.1) is 10.7 Å². The summed E-state index contributed by atoms with van der Waals surface area (Å²) in [6.07, 6.45) is 0. The number of amides is 2. The maximum absolute atomic E-state index is 11.7. The first kappa shape index (κ1) is 14.5. The molecule has 104 valence electrons. The molecular weight excluding hydrogens is 297 g/mol. The lowest BCUT2D eigenvalue weighted by Gasteiger charge is -2.11. The average molecular weight is 310 g/mol. The van der Waals surface area contributed by atoms with Gasteiger partial charge >= 0.3 is 6.03 Å². The van der Waals surface area contributed by atoms with Gasteiger partial charge in [0.15, 0.2) is 0 Å². The number of hydrogen-bond donors (Lipinski definition) is 3. The van der Waals surface area contributed by atoms with Gasteiger partial charge in [-0.2, -0.15) is 0 Å². The van der Waals surface area contributed by atoms with Gasteiger partial charge in [-0.1, -0.05) is 41.4 Å². The van der Waals surface area contributed by atoms with Crippen LogP contribution in [0.2, 0.25) is 10.0 Å². The summed E-state index contributed by atoms with van der Waals surface area (Å²) in [7, 11) is 0. The Labute approximate surface area is 127 Å². The number of aryl methyl sites for hydroxylation is 1. The Balaban J connectivity index is 1.93. The van der Waals surface area contributed by atoms with Crippen LogP contribution in [0.1, 0.15) is 5.56 Å². The quantitative estimate of drug-likeness (QED) is 0.734. The van der Waals surface area contributed by atoms with Gasteiger partial charge in [0.2, 0.25) is 0 Å². The molecule has 0 aromatic heterocycles. The molecule has 0 unspecified atom stereocenters. The SMILES string of the molecule is Cc1ccc(NC(=O)NNc2ccccc2Cl)cc1Cl. The summed E-state index contributed by atoms with van der Waals surface area (Å²) in [5.74, 6) is 0. The van der Waals surface area contributed by atoms with Crippen LogP contribution < -0.4 is 16.2 Å². The number of nitrogens with one attached hydrogen (secondary N) is 3. The highest BCUT2D eigenvalue weighted by Gasteiger charge is 2.04. The van der Waals surface area contributed by atoms with Crippen molar-refractivity contribution in [3.8, 4) is 0 Å². The lowest BCUT2D eigenvalue weighted by Crippen LogP contribution is -2.33. The molecule has 4 nitrogen and oxygen atoms in total. The molecule has 20 heavy (non-hydrogen) atoms. The molecule has 6 heteroatoms. The molecule has 0 aliphatic rings. The van der Waals surface area contributed by atoms with Crippen molar-refractivity contribution in [2.75, 3.05) is 10.7 Å². The van der Waals surface area contributed by atoms with Crippen molar-refractivity contribution in [3.63, 3.8) is 0 Å². The van der Waals surface area contributed by atoms with E-state index in [0.717, 1.165) is 5.56 Å². The fourth-order valence-electron chi connectivity index (χ4n) is 1.52. The minimum Gasteiger partial charge on any atom is -0.307 e. The smallest absolute Gasteiger partial charge is 0.307 e. The highest BCUT2D eigenvalue weighted by Crippen LogP contribution is 2.20. The molecule has 3 N–H and O–H groups in total. The molecule has 0 aliphatic carbocycles. The van der Waals surface area contributed by atoms with E-state index in [1.807, 2.05) is 25.1 Å². The third-order valence-electron chi connectivity index (χ3n) is 2.61. The van der Waals surface area contributed by atoms with E-state index in [1.165, 1.54) is 0 Å².